The highest BCUT2D eigenvalue weighted by atomic mass is 31.2. The topological polar surface area (TPSA) is 110 Å². The molecule has 13 heavy (non-hydrogen) atoms. The third kappa shape index (κ3) is 3.87. The summed E-state index contributed by atoms with van der Waals surface area (Å²) in [4.78, 5) is 28.3. The molecular weight excluding hydrogens is 197 g/mol. The van der Waals surface area contributed by atoms with Crippen LogP contribution in [0.3, 0.4) is 0 Å². The van der Waals surface area contributed by atoms with Crippen LogP contribution in [-0.2, 0) is 14.1 Å². The van der Waals surface area contributed by atoms with Crippen molar-refractivity contribution in [1.82, 2.24) is 0 Å². The summed E-state index contributed by atoms with van der Waals surface area (Å²) in [5.74, 6) is -0.712. The minimum atomic E-state index is -4.47. The highest BCUT2D eigenvalue weighted by Crippen LogP contribution is 2.48. The van der Waals surface area contributed by atoms with Gasteiger partial charge in [0.1, 0.15) is 5.28 Å². The summed E-state index contributed by atoms with van der Waals surface area (Å²) in [6.07, 6.45) is -0.495. The molecule has 0 aliphatic carbocycles. The van der Waals surface area contributed by atoms with Crippen molar-refractivity contribution in [1.29, 1.82) is 0 Å². The first kappa shape index (κ1) is 12.6. The van der Waals surface area contributed by atoms with Gasteiger partial charge in [0.15, 0.2) is 0 Å². The van der Waals surface area contributed by atoms with Gasteiger partial charge < -0.3 is 20.3 Å². The van der Waals surface area contributed by atoms with E-state index in [2.05, 4.69) is 4.74 Å². The lowest BCUT2D eigenvalue weighted by Crippen LogP contribution is -2.38. The van der Waals surface area contributed by atoms with E-state index in [4.69, 9.17) is 15.5 Å². The van der Waals surface area contributed by atoms with Crippen LogP contribution in [0, 0.1) is 0 Å². The van der Waals surface area contributed by atoms with E-state index in [1.165, 1.54) is 0 Å². The summed E-state index contributed by atoms with van der Waals surface area (Å²) in [6.45, 7) is 2.88. The maximum atomic E-state index is 10.9. The van der Waals surface area contributed by atoms with Crippen LogP contribution in [0.25, 0.3) is 0 Å². The lowest BCUT2D eigenvalue weighted by atomic mass is 10.2. The minimum absolute atomic E-state index is 0.163. The Hall–Kier alpha value is -0.420. The summed E-state index contributed by atoms with van der Waals surface area (Å²) >= 11 is 0. The van der Waals surface area contributed by atoms with Gasteiger partial charge in [-0.1, -0.05) is 0 Å². The second-order valence-corrected chi connectivity index (χ2v) is 4.99. The minimum Gasteiger partial charge on any atom is -0.466 e. The highest BCUT2D eigenvalue weighted by molar-refractivity contribution is 7.53. The van der Waals surface area contributed by atoms with E-state index < -0.39 is 25.3 Å². The molecule has 0 saturated carbocycles. The molecule has 4 N–H and O–H groups in total. The largest absolute Gasteiger partial charge is 0.466 e. The van der Waals surface area contributed by atoms with E-state index in [-0.39, 0.29) is 6.61 Å². The van der Waals surface area contributed by atoms with Gasteiger partial charge in [0.05, 0.1) is 13.0 Å². The predicted molar refractivity (Wildman–Crippen MR) is 45.9 cm³/mol. The third-order valence-corrected chi connectivity index (χ3v) is 2.96. The standard InChI is InChI=1S/C6H14NO5P/c1-3-12-5(8)4-6(2,7)13(9,10)11/h3-4,7H2,1-2H3,(H2,9,10,11)/t6-/m1/s1. The highest BCUT2D eigenvalue weighted by Gasteiger charge is 2.40. The van der Waals surface area contributed by atoms with Gasteiger partial charge >= 0.3 is 13.6 Å². The van der Waals surface area contributed by atoms with E-state index >= 15 is 0 Å². The monoisotopic (exact) mass is 211 g/mol. The summed E-state index contributed by atoms with van der Waals surface area (Å²) in [5.41, 5.74) is 5.26. The summed E-state index contributed by atoms with van der Waals surface area (Å²) in [5, 5.41) is -1.85. The van der Waals surface area contributed by atoms with Crippen LogP contribution in [0.4, 0.5) is 0 Å². The molecule has 0 fully saturated rings. The van der Waals surface area contributed by atoms with Crippen LogP contribution in [-0.4, -0.2) is 27.6 Å². The Balaban J connectivity index is 4.35. The van der Waals surface area contributed by atoms with E-state index in [9.17, 15) is 9.36 Å². The molecule has 0 bridgehead atoms. The molecule has 0 amide bonds. The van der Waals surface area contributed by atoms with E-state index in [1.807, 2.05) is 0 Å². The van der Waals surface area contributed by atoms with Crippen LogP contribution in [0.2, 0.25) is 0 Å². The molecule has 6 nitrogen and oxygen atoms in total. The van der Waals surface area contributed by atoms with Gasteiger partial charge in [0.2, 0.25) is 0 Å². The van der Waals surface area contributed by atoms with E-state index in [1.54, 1.807) is 6.92 Å². The van der Waals surface area contributed by atoms with Crippen molar-refractivity contribution in [2.24, 2.45) is 5.73 Å². The van der Waals surface area contributed by atoms with Gasteiger partial charge in [0, 0.05) is 0 Å². The predicted octanol–water partition coefficient (Wildman–Crippen LogP) is -0.208. The number of carbonyl (C=O) groups excluding carboxylic acids is 1. The first-order valence-electron chi connectivity index (χ1n) is 3.71. The van der Waals surface area contributed by atoms with Gasteiger partial charge in [-0.3, -0.25) is 9.36 Å². The first-order valence-corrected chi connectivity index (χ1v) is 5.32. The second kappa shape index (κ2) is 4.19. The molecule has 0 aromatic heterocycles. The molecule has 78 valence electrons. The number of carbonyl (C=O) groups is 1. The van der Waals surface area contributed by atoms with Crippen molar-refractivity contribution in [3.63, 3.8) is 0 Å². The van der Waals surface area contributed by atoms with Crippen molar-refractivity contribution in [3.05, 3.63) is 0 Å². The molecule has 0 saturated heterocycles. The number of nitrogens with two attached hydrogens (primary N) is 1. The van der Waals surface area contributed by atoms with Gasteiger partial charge in [-0.2, -0.15) is 0 Å². The fourth-order valence-electron chi connectivity index (χ4n) is 0.607. The van der Waals surface area contributed by atoms with E-state index in [0.717, 1.165) is 6.92 Å². The Labute approximate surface area is 76.2 Å². The number of esters is 1. The fourth-order valence-corrected chi connectivity index (χ4v) is 0.942. The number of ether oxygens (including phenoxy) is 1. The smallest absolute Gasteiger partial charge is 0.345 e. The molecular formula is C6H14NO5P. The molecule has 0 aliphatic heterocycles. The molecule has 0 radical (unpaired) electrons. The van der Waals surface area contributed by atoms with Crippen molar-refractivity contribution >= 4 is 13.6 Å². The molecule has 0 aliphatic rings. The van der Waals surface area contributed by atoms with Gasteiger partial charge in [-0.15, -0.1) is 0 Å². The average Bonchev–Trinajstić information content (AvgIpc) is 1.83. The molecule has 0 rings (SSSR count). The van der Waals surface area contributed by atoms with Gasteiger partial charge in [-0.05, 0) is 13.8 Å². The molecule has 1 atom stereocenters. The Morgan fingerprint density at radius 1 is 1.62 bits per heavy atom. The quantitative estimate of drug-likeness (QED) is 0.438. The third-order valence-electron chi connectivity index (χ3n) is 1.47. The maximum absolute atomic E-state index is 10.9. The lowest BCUT2D eigenvalue weighted by Gasteiger charge is -2.24. The van der Waals surface area contributed by atoms with E-state index in [0.29, 0.717) is 0 Å². The van der Waals surface area contributed by atoms with Crippen molar-refractivity contribution in [2.45, 2.75) is 25.5 Å². The molecule has 0 heterocycles. The van der Waals surface area contributed by atoms with Crippen LogP contribution in [0.1, 0.15) is 20.3 Å². The van der Waals surface area contributed by atoms with Gasteiger partial charge in [-0.25, -0.2) is 0 Å². The fraction of sp³-hybridized carbons (Fsp3) is 0.833. The summed E-state index contributed by atoms with van der Waals surface area (Å²) in [7, 11) is -4.47. The zero-order chi connectivity index (χ0) is 10.7. The normalized spacial score (nSPS) is 16.4. The summed E-state index contributed by atoms with van der Waals surface area (Å²) < 4.78 is 15.3. The zero-order valence-corrected chi connectivity index (χ0v) is 8.45. The molecule has 7 heteroatoms. The number of hydrogen-bond acceptors (Lipinski definition) is 4. The van der Waals surface area contributed by atoms with Gasteiger partial charge in [0.25, 0.3) is 0 Å². The molecule has 0 spiro atoms. The van der Waals surface area contributed by atoms with Crippen LogP contribution < -0.4 is 5.73 Å². The molecule has 0 aromatic rings. The Kier molecular flexibility index (Phi) is 4.06. The molecule has 0 aromatic carbocycles. The van der Waals surface area contributed by atoms with Crippen molar-refractivity contribution < 1.29 is 23.9 Å². The Morgan fingerprint density at radius 2 is 2.08 bits per heavy atom. The Morgan fingerprint density at radius 3 is 2.38 bits per heavy atom. The number of rotatable bonds is 4. The average molecular weight is 211 g/mol. The second-order valence-electron chi connectivity index (χ2n) is 2.88. The van der Waals surface area contributed by atoms with Crippen molar-refractivity contribution in [2.75, 3.05) is 6.61 Å². The van der Waals surface area contributed by atoms with Crippen LogP contribution in [0.5, 0.6) is 0 Å². The van der Waals surface area contributed by atoms with Crippen LogP contribution >= 0.6 is 7.60 Å². The first-order chi connectivity index (χ1) is 5.70. The Bertz CT molecular complexity index is 233. The maximum Gasteiger partial charge on any atom is 0.345 e. The SMILES string of the molecule is CCOC(=O)C[C@](C)(N)P(=O)(O)O. The lowest BCUT2D eigenvalue weighted by molar-refractivity contribution is -0.143. The molecule has 0 unspecified atom stereocenters. The summed E-state index contributed by atoms with van der Waals surface area (Å²) in [6, 6.07) is 0. The number of hydrogen-bond donors (Lipinski definition) is 3. The van der Waals surface area contributed by atoms with Crippen molar-refractivity contribution in [3.8, 4) is 0 Å². The van der Waals surface area contributed by atoms with Crippen LogP contribution in [0.15, 0.2) is 0 Å². The zero-order valence-electron chi connectivity index (χ0n) is 7.56.